The van der Waals surface area contributed by atoms with E-state index in [2.05, 4.69) is 4.98 Å². The first-order valence-corrected chi connectivity index (χ1v) is 7.14. The zero-order valence-electron chi connectivity index (χ0n) is 11.6. The van der Waals surface area contributed by atoms with Gasteiger partial charge in [-0.1, -0.05) is 0 Å². The van der Waals surface area contributed by atoms with Crippen molar-refractivity contribution in [3.05, 3.63) is 21.6 Å². The summed E-state index contributed by atoms with van der Waals surface area (Å²) >= 11 is 0. The van der Waals surface area contributed by atoms with Gasteiger partial charge in [-0.3, -0.25) is 14.2 Å². The average Bonchev–Trinajstić information content (AvgIpc) is 2.91. The maximum absolute atomic E-state index is 12.3. The molecule has 3 rings (SSSR count). The molecule has 0 spiro atoms. The van der Waals surface area contributed by atoms with Crippen molar-refractivity contribution in [1.82, 2.24) is 9.55 Å². The van der Waals surface area contributed by atoms with E-state index < -0.39 is 5.97 Å². The number of hydrogen-bond acceptors (Lipinski definition) is 4. The second kappa shape index (κ2) is 4.92. The van der Waals surface area contributed by atoms with Crippen LogP contribution in [0, 0.1) is 5.92 Å². The van der Waals surface area contributed by atoms with Gasteiger partial charge in [-0.2, -0.15) is 0 Å². The number of carboxylic acids is 1. The largest absolute Gasteiger partial charge is 0.481 e. The van der Waals surface area contributed by atoms with Crippen molar-refractivity contribution < 1.29 is 9.90 Å². The Bertz CT molecular complexity index is 608. The molecule has 1 aromatic rings. The topological polar surface area (TPSA) is 75.4 Å². The number of nitrogens with zero attached hydrogens (tertiary/aromatic N) is 3. The van der Waals surface area contributed by atoms with E-state index in [1.54, 1.807) is 11.6 Å². The number of anilines is 1. The highest BCUT2D eigenvalue weighted by Crippen LogP contribution is 2.24. The van der Waals surface area contributed by atoms with Gasteiger partial charge in [0.15, 0.2) is 0 Å². The Morgan fingerprint density at radius 3 is 2.90 bits per heavy atom. The fraction of sp³-hybridized carbons (Fsp3) is 0.643. The van der Waals surface area contributed by atoms with Gasteiger partial charge in [0.05, 0.1) is 11.6 Å². The van der Waals surface area contributed by atoms with Gasteiger partial charge in [0, 0.05) is 25.7 Å². The minimum atomic E-state index is -0.763. The number of carboxylic acid groups (broad SMARTS) is 1. The lowest BCUT2D eigenvalue weighted by Gasteiger charge is -2.32. The zero-order chi connectivity index (χ0) is 14.3. The van der Waals surface area contributed by atoms with E-state index in [1.807, 2.05) is 4.90 Å². The fourth-order valence-corrected chi connectivity index (χ4v) is 3.21. The van der Waals surface area contributed by atoms with Gasteiger partial charge >= 0.3 is 5.97 Å². The number of rotatable bonds is 2. The van der Waals surface area contributed by atoms with Crippen molar-refractivity contribution in [1.29, 1.82) is 0 Å². The summed E-state index contributed by atoms with van der Waals surface area (Å²) in [6, 6.07) is 0. The number of aromatic nitrogens is 2. The highest BCUT2D eigenvalue weighted by atomic mass is 16.4. The molecule has 0 radical (unpaired) electrons. The molecule has 1 atom stereocenters. The third-order valence-corrected chi connectivity index (χ3v) is 4.34. The molecule has 1 aromatic heterocycles. The Morgan fingerprint density at radius 1 is 1.35 bits per heavy atom. The third-order valence-electron chi connectivity index (χ3n) is 4.34. The van der Waals surface area contributed by atoms with Crippen molar-refractivity contribution in [3.8, 4) is 0 Å². The highest BCUT2D eigenvalue weighted by molar-refractivity contribution is 5.71. The summed E-state index contributed by atoms with van der Waals surface area (Å²) in [7, 11) is 1.73. The Hall–Kier alpha value is -1.85. The smallest absolute Gasteiger partial charge is 0.308 e. The quantitative estimate of drug-likeness (QED) is 0.855. The molecule has 1 saturated heterocycles. The first-order valence-electron chi connectivity index (χ1n) is 7.14. The fourth-order valence-electron chi connectivity index (χ4n) is 3.21. The van der Waals surface area contributed by atoms with E-state index in [1.165, 1.54) is 0 Å². The van der Waals surface area contributed by atoms with Crippen LogP contribution >= 0.6 is 0 Å². The van der Waals surface area contributed by atoms with Crippen molar-refractivity contribution in [3.63, 3.8) is 0 Å². The molecule has 0 saturated carbocycles. The molecule has 1 aliphatic heterocycles. The van der Waals surface area contributed by atoms with Crippen LogP contribution in [-0.4, -0.2) is 33.7 Å². The molecule has 2 heterocycles. The van der Waals surface area contributed by atoms with E-state index in [0.717, 1.165) is 43.5 Å². The van der Waals surface area contributed by atoms with E-state index in [9.17, 15) is 9.59 Å². The molecular weight excluding hydrogens is 258 g/mol. The van der Waals surface area contributed by atoms with Crippen LogP contribution in [0.15, 0.2) is 4.79 Å². The normalized spacial score (nSPS) is 21.9. The molecule has 6 heteroatoms. The molecular formula is C14H19N3O3. The second-order valence-corrected chi connectivity index (χ2v) is 5.68. The predicted octanol–water partition coefficient (Wildman–Crippen LogP) is 0.570. The minimum absolute atomic E-state index is 0.0277. The molecule has 108 valence electrons. The van der Waals surface area contributed by atoms with Gasteiger partial charge in [0.25, 0.3) is 5.56 Å². The SMILES string of the molecule is Cn1c(N2CCC[C@H](C(=O)O)C2)nc2c(c1=O)CCC2. The third kappa shape index (κ3) is 2.09. The lowest BCUT2D eigenvalue weighted by atomic mass is 9.99. The van der Waals surface area contributed by atoms with Crippen LogP contribution in [0.2, 0.25) is 0 Å². The van der Waals surface area contributed by atoms with Crippen LogP contribution in [0.5, 0.6) is 0 Å². The molecule has 20 heavy (non-hydrogen) atoms. The Morgan fingerprint density at radius 2 is 2.15 bits per heavy atom. The van der Waals surface area contributed by atoms with Crippen LogP contribution in [0.4, 0.5) is 5.95 Å². The molecule has 1 aliphatic carbocycles. The van der Waals surface area contributed by atoms with Gasteiger partial charge in [0.1, 0.15) is 0 Å². The van der Waals surface area contributed by atoms with Crippen LogP contribution in [-0.2, 0) is 24.7 Å². The zero-order valence-corrected chi connectivity index (χ0v) is 11.6. The lowest BCUT2D eigenvalue weighted by molar-refractivity contribution is -0.141. The molecule has 1 fully saturated rings. The van der Waals surface area contributed by atoms with Gasteiger partial charge in [-0.15, -0.1) is 0 Å². The minimum Gasteiger partial charge on any atom is -0.481 e. The second-order valence-electron chi connectivity index (χ2n) is 5.68. The van der Waals surface area contributed by atoms with Gasteiger partial charge in [0.2, 0.25) is 5.95 Å². The molecule has 0 bridgehead atoms. The summed E-state index contributed by atoms with van der Waals surface area (Å²) in [5.41, 5.74) is 1.77. The molecule has 0 aromatic carbocycles. The summed E-state index contributed by atoms with van der Waals surface area (Å²) in [4.78, 5) is 30.0. The van der Waals surface area contributed by atoms with Gasteiger partial charge in [-0.05, 0) is 32.1 Å². The number of fused-ring (bicyclic) bond motifs is 1. The van der Waals surface area contributed by atoms with Crippen LogP contribution in [0.3, 0.4) is 0 Å². The lowest BCUT2D eigenvalue weighted by Crippen LogP contribution is -2.42. The van der Waals surface area contributed by atoms with E-state index in [-0.39, 0.29) is 11.5 Å². The summed E-state index contributed by atoms with van der Waals surface area (Å²) < 4.78 is 1.58. The Balaban J connectivity index is 1.96. The highest BCUT2D eigenvalue weighted by Gasteiger charge is 2.29. The molecule has 1 N–H and O–H groups in total. The van der Waals surface area contributed by atoms with Crippen molar-refractivity contribution >= 4 is 11.9 Å². The number of piperidine rings is 1. The van der Waals surface area contributed by atoms with E-state index in [4.69, 9.17) is 5.11 Å². The summed E-state index contributed by atoms with van der Waals surface area (Å²) in [5, 5.41) is 9.17. The number of aliphatic carboxylic acids is 1. The standard InChI is InChI=1S/C14H19N3O3/c1-16-12(18)10-5-2-6-11(10)15-14(16)17-7-3-4-9(8-17)13(19)20/h9H,2-8H2,1H3,(H,19,20)/t9-/m0/s1. The number of aryl methyl sites for hydroxylation is 1. The summed E-state index contributed by atoms with van der Waals surface area (Å²) in [6.45, 7) is 1.21. The maximum atomic E-state index is 12.3. The van der Waals surface area contributed by atoms with Crippen molar-refractivity contribution in [2.24, 2.45) is 13.0 Å². The Labute approximate surface area is 117 Å². The van der Waals surface area contributed by atoms with Crippen LogP contribution in [0.25, 0.3) is 0 Å². The molecule has 0 amide bonds. The van der Waals surface area contributed by atoms with Crippen LogP contribution < -0.4 is 10.5 Å². The van der Waals surface area contributed by atoms with E-state index in [0.29, 0.717) is 18.9 Å². The Kier molecular flexibility index (Phi) is 3.23. The van der Waals surface area contributed by atoms with Gasteiger partial charge in [-0.25, -0.2) is 4.98 Å². The van der Waals surface area contributed by atoms with Crippen LogP contribution in [0.1, 0.15) is 30.5 Å². The average molecular weight is 277 g/mol. The number of carbonyl (C=O) groups is 1. The molecule has 0 unspecified atom stereocenters. The molecule has 2 aliphatic rings. The first kappa shape index (κ1) is 13.1. The number of hydrogen-bond donors (Lipinski definition) is 1. The first-order chi connectivity index (χ1) is 9.58. The maximum Gasteiger partial charge on any atom is 0.308 e. The summed E-state index contributed by atoms with van der Waals surface area (Å²) in [6.07, 6.45) is 4.18. The van der Waals surface area contributed by atoms with E-state index >= 15 is 0 Å². The van der Waals surface area contributed by atoms with Crippen molar-refractivity contribution in [2.45, 2.75) is 32.1 Å². The monoisotopic (exact) mass is 277 g/mol. The van der Waals surface area contributed by atoms with Gasteiger partial charge < -0.3 is 10.0 Å². The molecule has 6 nitrogen and oxygen atoms in total. The summed E-state index contributed by atoms with van der Waals surface area (Å²) in [5.74, 6) is -0.503. The van der Waals surface area contributed by atoms with Crippen molar-refractivity contribution in [2.75, 3.05) is 18.0 Å². The predicted molar refractivity (Wildman–Crippen MR) is 74.1 cm³/mol.